The van der Waals surface area contributed by atoms with Gasteiger partial charge in [-0.3, -0.25) is 0 Å². The summed E-state index contributed by atoms with van der Waals surface area (Å²) < 4.78 is 22.2. The smallest absolute Gasteiger partial charge is 0.460 e. The van der Waals surface area contributed by atoms with Gasteiger partial charge in [0.2, 0.25) is 0 Å². The molecule has 0 heterocycles. The van der Waals surface area contributed by atoms with Crippen LogP contribution in [0.25, 0.3) is 0 Å². The third kappa shape index (κ3) is 10.6. The molecule has 0 fully saturated rings. The fourth-order valence-electron chi connectivity index (χ4n) is 2.22. The summed E-state index contributed by atoms with van der Waals surface area (Å²) in [6.07, 6.45) is 3.76. The Morgan fingerprint density at radius 3 is 2.13 bits per heavy atom. The molecular weight excluding hydrogens is 316 g/mol. The van der Waals surface area contributed by atoms with Crippen LogP contribution < -0.4 is 0 Å². The lowest BCUT2D eigenvalue weighted by molar-refractivity contribution is -0.140. The van der Waals surface area contributed by atoms with Gasteiger partial charge in [0.05, 0.1) is 6.10 Å². The number of carbonyl (C=O) groups is 1. The molecule has 0 amide bonds. The van der Waals surface area contributed by atoms with Crippen LogP contribution >= 0.6 is 0 Å². The normalized spacial score (nSPS) is 12.9. The van der Waals surface area contributed by atoms with Gasteiger partial charge in [-0.05, 0) is 33.6 Å². The first-order chi connectivity index (χ1) is 11.0. The predicted octanol–water partition coefficient (Wildman–Crippen LogP) is 2.69. The van der Waals surface area contributed by atoms with Crippen molar-refractivity contribution in [3.05, 3.63) is 12.7 Å². The van der Waals surface area contributed by atoms with Crippen LogP contribution in [0.1, 0.15) is 46.5 Å². The Morgan fingerprint density at radius 2 is 1.65 bits per heavy atom. The van der Waals surface area contributed by atoms with Gasteiger partial charge in [0, 0.05) is 31.9 Å². The van der Waals surface area contributed by atoms with Crippen molar-refractivity contribution in [2.45, 2.75) is 58.6 Å². The molecule has 1 N–H and O–H groups in total. The van der Waals surface area contributed by atoms with Crippen LogP contribution in [0, 0.1) is 0 Å². The first kappa shape index (κ1) is 22.3. The fourth-order valence-corrected chi connectivity index (χ4v) is 4.91. The van der Waals surface area contributed by atoms with E-state index in [9.17, 15) is 9.90 Å². The number of ether oxygens (including phenoxy) is 1. The standard InChI is InChI=1S/C16H32O6Si/c1-5-16(18)19-14-15(17)12-10-9-11-13-23(20-6-2,21-7-3)22-8-4/h5,15,17H,1,6-14H2,2-4H3. The molecule has 1 unspecified atom stereocenters. The molecule has 0 radical (unpaired) electrons. The number of hydrogen-bond donors (Lipinski definition) is 1. The minimum atomic E-state index is -2.55. The Balaban J connectivity index is 4.00. The zero-order chi connectivity index (χ0) is 17.6. The second-order valence-corrected chi connectivity index (χ2v) is 7.80. The number of rotatable bonds is 15. The lowest BCUT2D eigenvalue weighted by Gasteiger charge is -2.28. The van der Waals surface area contributed by atoms with Gasteiger partial charge >= 0.3 is 14.8 Å². The van der Waals surface area contributed by atoms with Crippen LogP contribution in [0.4, 0.5) is 0 Å². The van der Waals surface area contributed by atoms with Gasteiger partial charge in [0.15, 0.2) is 0 Å². The molecule has 0 aliphatic heterocycles. The van der Waals surface area contributed by atoms with Crippen LogP contribution in [-0.2, 0) is 22.8 Å². The predicted molar refractivity (Wildman–Crippen MR) is 91.1 cm³/mol. The summed E-state index contributed by atoms with van der Waals surface area (Å²) >= 11 is 0. The van der Waals surface area contributed by atoms with E-state index >= 15 is 0 Å². The fraction of sp³-hybridized carbons (Fsp3) is 0.812. The lowest BCUT2D eigenvalue weighted by Crippen LogP contribution is -2.45. The summed E-state index contributed by atoms with van der Waals surface area (Å²) in [7, 11) is -2.55. The maximum Gasteiger partial charge on any atom is 0.500 e. The number of aliphatic hydroxyl groups is 1. The topological polar surface area (TPSA) is 74.2 Å². The highest BCUT2D eigenvalue weighted by Crippen LogP contribution is 2.20. The Bertz CT molecular complexity index is 307. The molecule has 0 bridgehead atoms. The van der Waals surface area contributed by atoms with Gasteiger partial charge in [-0.15, -0.1) is 0 Å². The molecule has 0 aromatic carbocycles. The van der Waals surface area contributed by atoms with E-state index in [0.29, 0.717) is 26.2 Å². The molecule has 7 heteroatoms. The number of hydrogen-bond acceptors (Lipinski definition) is 6. The van der Waals surface area contributed by atoms with E-state index in [4.69, 9.17) is 18.0 Å². The van der Waals surface area contributed by atoms with E-state index < -0.39 is 20.9 Å². The lowest BCUT2D eigenvalue weighted by atomic mass is 10.1. The minimum absolute atomic E-state index is 0.0143. The van der Waals surface area contributed by atoms with Gasteiger partial charge in [-0.25, -0.2) is 4.79 Å². The van der Waals surface area contributed by atoms with Gasteiger partial charge < -0.3 is 23.1 Å². The summed E-state index contributed by atoms with van der Waals surface area (Å²) in [5.41, 5.74) is 0. The third-order valence-electron chi connectivity index (χ3n) is 3.20. The van der Waals surface area contributed by atoms with Crippen molar-refractivity contribution in [2.75, 3.05) is 26.4 Å². The van der Waals surface area contributed by atoms with E-state index in [1.54, 1.807) is 0 Å². The third-order valence-corrected chi connectivity index (χ3v) is 6.35. The summed E-state index contributed by atoms with van der Waals surface area (Å²) in [6, 6.07) is 0.782. The molecular formula is C16H32O6Si. The average molecular weight is 349 g/mol. The van der Waals surface area contributed by atoms with Crippen molar-refractivity contribution >= 4 is 14.8 Å². The molecule has 0 saturated heterocycles. The molecule has 136 valence electrons. The Labute approximate surface area is 141 Å². The summed E-state index contributed by atoms with van der Waals surface area (Å²) in [4.78, 5) is 10.9. The molecule has 23 heavy (non-hydrogen) atoms. The first-order valence-electron chi connectivity index (χ1n) is 8.42. The van der Waals surface area contributed by atoms with Crippen LogP contribution in [-0.4, -0.2) is 52.4 Å². The SMILES string of the molecule is C=CC(=O)OCC(O)CCCCC[Si](OCC)(OCC)OCC. The van der Waals surface area contributed by atoms with Gasteiger partial charge in [0.1, 0.15) is 6.61 Å². The molecule has 0 spiro atoms. The maximum absolute atomic E-state index is 10.9. The highest BCUT2D eigenvalue weighted by atomic mass is 28.4. The zero-order valence-electron chi connectivity index (χ0n) is 14.7. The summed E-state index contributed by atoms with van der Waals surface area (Å²) in [6.45, 7) is 10.9. The molecule has 0 saturated carbocycles. The van der Waals surface area contributed by atoms with Crippen molar-refractivity contribution in [1.82, 2.24) is 0 Å². The molecule has 0 aromatic heterocycles. The van der Waals surface area contributed by atoms with Crippen molar-refractivity contribution < 1.29 is 27.9 Å². The quantitative estimate of drug-likeness (QED) is 0.212. The average Bonchev–Trinajstić information content (AvgIpc) is 2.53. The van der Waals surface area contributed by atoms with Crippen molar-refractivity contribution in [3.8, 4) is 0 Å². The Kier molecular flexibility index (Phi) is 13.2. The summed E-state index contributed by atoms with van der Waals surface area (Å²) in [5, 5.41) is 9.73. The highest BCUT2D eigenvalue weighted by Gasteiger charge is 2.39. The van der Waals surface area contributed by atoms with E-state index in [1.165, 1.54) is 0 Å². The minimum Gasteiger partial charge on any atom is -0.460 e. The number of esters is 1. The first-order valence-corrected chi connectivity index (χ1v) is 10.4. The Hall–Kier alpha value is -0.733. The number of unbranched alkanes of at least 4 members (excludes halogenated alkanes) is 2. The maximum atomic E-state index is 10.9. The monoisotopic (exact) mass is 348 g/mol. The van der Waals surface area contributed by atoms with Crippen LogP contribution in [0.3, 0.4) is 0 Å². The highest BCUT2D eigenvalue weighted by molar-refractivity contribution is 6.60. The van der Waals surface area contributed by atoms with E-state index in [1.807, 2.05) is 20.8 Å². The molecule has 0 rings (SSSR count). The molecule has 0 aliphatic rings. The van der Waals surface area contributed by atoms with E-state index in [-0.39, 0.29) is 6.61 Å². The van der Waals surface area contributed by atoms with E-state index in [0.717, 1.165) is 31.4 Å². The van der Waals surface area contributed by atoms with Crippen molar-refractivity contribution in [1.29, 1.82) is 0 Å². The summed E-state index contributed by atoms with van der Waals surface area (Å²) in [5.74, 6) is -0.509. The number of aliphatic hydroxyl groups excluding tert-OH is 1. The van der Waals surface area contributed by atoms with Gasteiger partial charge in [-0.1, -0.05) is 19.4 Å². The second-order valence-electron chi connectivity index (χ2n) is 5.07. The molecule has 0 aromatic rings. The van der Waals surface area contributed by atoms with Crippen LogP contribution in [0.5, 0.6) is 0 Å². The van der Waals surface area contributed by atoms with E-state index in [2.05, 4.69) is 6.58 Å². The molecule has 6 nitrogen and oxygen atoms in total. The van der Waals surface area contributed by atoms with Crippen molar-refractivity contribution in [2.24, 2.45) is 0 Å². The van der Waals surface area contributed by atoms with Crippen LogP contribution in [0.15, 0.2) is 12.7 Å². The zero-order valence-corrected chi connectivity index (χ0v) is 15.7. The number of carbonyl (C=O) groups excluding carboxylic acids is 1. The van der Waals surface area contributed by atoms with Crippen LogP contribution in [0.2, 0.25) is 6.04 Å². The molecule has 1 atom stereocenters. The molecule has 0 aliphatic carbocycles. The van der Waals surface area contributed by atoms with Gasteiger partial charge in [0.25, 0.3) is 0 Å². The largest absolute Gasteiger partial charge is 0.500 e. The van der Waals surface area contributed by atoms with Gasteiger partial charge in [-0.2, -0.15) is 0 Å². The second kappa shape index (κ2) is 13.7. The Morgan fingerprint density at radius 1 is 1.09 bits per heavy atom. The van der Waals surface area contributed by atoms with Crippen molar-refractivity contribution in [3.63, 3.8) is 0 Å².